The molecule has 0 aliphatic heterocycles. The quantitative estimate of drug-likeness (QED) is 0.834. The number of ether oxygens (including phenoxy) is 1. The molecule has 1 aromatic rings. The SMILES string of the molecule is NCC1CCCC1COCc1ccc(C(N)=O)cc1F. The van der Waals surface area contributed by atoms with Gasteiger partial charge in [0.05, 0.1) is 13.2 Å². The number of rotatable bonds is 6. The van der Waals surface area contributed by atoms with E-state index in [1.165, 1.54) is 12.5 Å². The highest BCUT2D eigenvalue weighted by Crippen LogP contribution is 2.31. The van der Waals surface area contributed by atoms with Gasteiger partial charge in [0.1, 0.15) is 5.82 Å². The summed E-state index contributed by atoms with van der Waals surface area (Å²) >= 11 is 0. The first-order valence-electron chi connectivity index (χ1n) is 6.98. The molecule has 5 heteroatoms. The van der Waals surface area contributed by atoms with Crippen molar-refractivity contribution in [2.45, 2.75) is 25.9 Å². The van der Waals surface area contributed by atoms with E-state index in [4.69, 9.17) is 16.2 Å². The van der Waals surface area contributed by atoms with Crippen molar-refractivity contribution in [1.29, 1.82) is 0 Å². The van der Waals surface area contributed by atoms with Gasteiger partial charge in [0.2, 0.25) is 5.91 Å². The fraction of sp³-hybridized carbons (Fsp3) is 0.533. The van der Waals surface area contributed by atoms with Crippen LogP contribution in [-0.2, 0) is 11.3 Å². The maximum Gasteiger partial charge on any atom is 0.248 e. The molecule has 2 unspecified atom stereocenters. The summed E-state index contributed by atoms with van der Waals surface area (Å²) in [6.45, 7) is 1.51. The third-order valence-corrected chi connectivity index (χ3v) is 4.05. The number of hydrogen-bond acceptors (Lipinski definition) is 3. The Kier molecular flexibility index (Phi) is 5.09. The van der Waals surface area contributed by atoms with Gasteiger partial charge in [-0.05, 0) is 43.4 Å². The van der Waals surface area contributed by atoms with Crippen LogP contribution in [0.15, 0.2) is 18.2 Å². The minimum atomic E-state index is -0.631. The van der Waals surface area contributed by atoms with Gasteiger partial charge < -0.3 is 16.2 Å². The van der Waals surface area contributed by atoms with Crippen molar-refractivity contribution in [3.63, 3.8) is 0 Å². The maximum atomic E-state index is 13.7. The number of amides is 1. The third-order valence-electron chi connectivity index (χ3n) is 4.05. The van der Waals surface area contributed by atoms with Crippen molar-refractivity contribution >= 4 is 5.91 Å². The first-order valence-corrected chi connectivity index (χ1v) is 6.98. The molecule has 110 valence electrons. The smallest absolute Gasteiger partial charge is 0.248 e. The van der Waals surface area contributed by atoms with E-state index in [1.54, 1.807) is 6.07 Å². The molecule has 20 heavy (non-hydrogen) atoms. The number of halogens is 1. The minimum absolute atomic E-state index is 0.172. The molecule has 1 aliphatic carbocycles. The molecule has 0 radical (unpaired) electrons. The lowest BCUT2D eigenvalue weighted by molar-refractivity contribution is 0.0736. The van der Waals surface area contributed by atoms with Crippen LogP contribution >= 0.6 is 0 Å². The van der Waals surface area contributed by atoms with E-state index in [-0.39, 0.29) is 12.2 Å². The summed E-state index contributed by atoms with van der Waals surface area (Å²) in [6.07, 6.45) is 3.48. The van der Waals surface area contributed by atoms with Gasteiger partial charge in [-0.3, -0.25) is 4.79 Å². The summed E-state index contributed by atoms with van der Waals surface area (Å²) in [6, 6.07) is 4.21. The van der Waals surface area contributed by atoms with Crippen LogP contribution in [0.2, 0.25) is 0 Å². The van der Waals surface area contributed by atoms with E-state index in [9.17, 15) is 9.18 Å². The van der Waals surface area contributed by atoms with E-state index < -0.39 is 11.7 Å². The van der Waals surface area contributed by atoms with Crippen molar-refractivity contribution in [1.82, 2.24) is 0 Å². The summed E-state index contributed by atoms with van der Waals surface area (Å²) in [4.78, 5) is 10.9. The Morgan fingerprint density at radius 3 is 2.75 bits per heavy atom. The lowest BCUT2D eigenvalue weighted by Gasteiger charge is -2.17. The van der Waals surface area contributed by atoms with E-state index in [0.29, 0.717) is 30.6 Å². The Hall–Kier alpha value is -1.46. The van der Waals surface area contributed by atoms with Gasteiger partial charge in [-0.15, -0.1) is 0 Å². The molecular formula is C15H21FN2O2. The number of benzene rings is 1. The fourth-order valence-corrected chi connectivity index (χ4v) is 2.78. The normalized spacial score (nSPS) is 22.1. The highest BCUT2D eigenvalue weighted by Gasteiger charge is 2.26. The third kappa shape index (κ3) is 3.55. The monoisotopic (exact) mass is 280 g/mol. The molecule has 1 aliphatic rings. The second kappa shape index (κ2) is 6.81. The number of carbonyl (C=O) groups excluding carboxylic acids is 1. The van der Waals surface area contributed by atoms with Gasteiger partial charge in [0.25, 0.3) is 0 Å². The lowest BCUT2D eigenvalue weighted by atomic mass is 9.97. The van der Waals surface area contributed by atoms with Crippen LogP contribution in [0, 0.1) is 17.7 Å². The molecule has 1 aromatic carbocycles. The molecule has 0 spiro atoms. The lowest BCUT2D eigenvalue weighted by Crippen LogP contribution is -2.22. The fourth-order valence-electron chi connectivity index (χ4n) is 2.78. The Morgan fingerprint density at radius 1 is 1.35 bits per heavy atom. The molecule has 2 atom stereocenters. The summed E-state index contributed by atoms with van der Waals surface area (Å²) in [5.41, 5.74) is 11.4. The van der Waals surface area contributed by atoms with Crippen LogP contribution in [0.1, 0.15) is 35.2 Å². The van der Waals surface area contributed by atoms with Gasteiger partial charge >= 0.3 is 0 Å². The van der Waals surface area contributed by atoms with Crippen molar-refractivity contribution < 1.29 is 13.9 Å². The van der Waals surface area contributed by atoms with E-state index in [2.05, 4.69) is 0 Å². The molecule has 2 rings (SSSR count). The highest BCUT2D eigenvalue weighted by molar-refractivity contribution is 5.92. The number of carbonyl (C=O) groups is 1. The van der Waals surface area contributed by atoms with Crippen LogP contribution < -0.4 is 11.5 Å². The summed E-state index contributed by atoms with van der Waals surface area (Å²) < 4.78 is 19.4. The zero-order valence-corrected chi connectivity index (χ0v) is 11.5. The maximum absolute atomic E-state index is 13.7. The van der Waals surface area contributed by atoms with Gasteiger partial charge in [0, 0.05) is 11.1 Å². The molecule has 1 fully saturated rings. The average Bonchev–Trinajstić information content (AvgIpc) is 2.87. The molecule has 4 nitrogen and oxygen atoms in total. The Labute approximate surface area is 118 Å². The molecule has 0 aromatic heterocycles. The van der Waals surface area contributed by atoms with Gasteiger partial charge in [-0.2, -0.15) is 0 Å². The highest BCUT2D eigenvalue weighted by atomic mass is 19.1. The van der Waals surface area contributed by atoms with Crippen molar-refractivity contribution in [3.05, 3.63) is 35.1 Å². The number of nitrogens with two attached hydrogens (primary N) is 2. The van der Waals surface area contributed by atoms with Crippen molar-refractivity contribution in [2.24, 2.45) is 23.3 Å². The van der Waals surface area contributed by atoms with Crippen LogP contribution in [0.5, 0.6) is 0 Å². The molecule has 4 N–H and O–H groups in total. The van der Waals surface area contributed by atoms with Crippen LogP contribution in [0.4, 0.5) is 4.39 Å². The molecule has 0 saturated heterocycles. The predicted octanol–water partition coefficient (Wildman–Crippen LogP) is 1.82. The molecule has 1 amide bonds. The van der Waals surface area contributed by atoms with Crippen molar-refractivity contribution in [2.75, 3.05) is 13.2 Å². The first-order chi connectivity index (χ1) is 9.61. The second-order valence-electron chi connectivity index (χ2n) is 5.37. The van der Waals surface area contributed by atoms with Gasteiger partial charge in [-0.25, -0.2) is 4.39 Å². The van der Waals surface area contributed by atoms with Gasteiger partial charge in [-0.1, -0.05) is 12.5 Å². The van der Waals surface area contributed by atoms with E-state index in [1.807, 2.05) is 0 Å². The predicted molar refractivity (Wildman–Crippen MR) is 74.5 cm³/mol. The Balaban J connectivity index is 1.86. The second-order valence-corrected chi connectivity index (χ2v) is 5.37. The topological polar surface area (TPSA) is 78.3 Å². The zero-order chi connectivity index (χ0) is 14.5. The summed E-state index contributed by atoms with van der Waals surface area (Å²) in [7, 11) is 0. The molecule has 0 bridgehead atoms. The molecular weight excluding hydrogens is 259 g/mol. The molecule has 0 heterocycles. The summed E-state index contributed by atoms with van der Waals surface area (Å²) in [5, 5.41) is 0. The van der Waals surface area contributed by atoms with E-state index in [0.717, 1.165) is 18.9 Å². The summed E-state index contributed by atoms with van der Waals surface area (Å²) in [5.74, 6) is -0.0822. The van der Waals surface area contributed by atoms with Gasteiger partial charge in [0.15, 0.2) is 0 Å². The molecule has 1 saturated carbocycles. The number of hydrogen-bond donors (Lipinski definition) is 2. The van der Waals surface area contributed by atoms with Crippen LogP contribution in [0.3, 0.4) is 0 Å². The Morgan fingerprint density at radius 2 is 2.10 bits per heavy atom. The van der Waals surface area contributed by atoms with Crippen molar-refractivity contribution in [3.8, 4) is 0 Å². The average molecular weight is 280 g/mol. The zero-order valence-electron chi connectivity index (χ0n) is 11.5. The number of primary amides is 1. The Bertz CT molecular complexity index is 479. The van der Waals surface area contributed by atoms with Crippen LogP contribution in [-0.4, -0.2) is 19.1 Å². The first kappa shape index (κ1) is 14.9. The van der Waals surface area contributed by atoms with Crippen LogP contribution in [0.25, 0.3) is 0 Å². The minimum Gasteiger partial charge on any atom is -0.376 e. The van der Waals surface area contributed by atoms with E-state index >= 15 is 0 Å². The largest absolute Gasteiger partial charge is 0.376 e. The standard InChI is InChI=1S/C15H21FN2O2/c16-14-6-10(15(18)19)4-5-13(14)9-20-8-12-3-1-2-11(12)7-17/h4-6,11-12H,1-3,7-9,17H2,(H2,18,19).